The Bertz CT molecular complexity index is 601. The van der Waals surface area contributed by atoms with E-state index in [4.69, 9.17) is 0 Å². The number of halogens is 2. The van der Waals surface area contributed by atoms with Crippen LogP contribution in [0.15, 0.2) is 30.3 Å². The molecule has 3 fully saturated rings. The lowest BCUT2D eigenvalue weighted by Gasteiger charge is -2.25. The number of hydrogen-bond acceptors (Lipinski definition) is 3. The quantitative estimate of drug-likeness (QED) is 0.777. The monoisotopic (exact) mass is 427 g/mol. The molecule has 158 valence electrons. The highest BCUT2D eigenvalue weighted by molar-refractivity contribution is 5.85. The number of carbonyl (C=O) groups excluding carboxylic acids is 1. The lowest BCUT2D eigenvalue weighted by atomic mass is 9.85. The first kappa shape index (κ1) is 23.5. The normalized spacial score (nSPS) is 29.5. The highest BCUT2D eigenvalue weighted by atomic mass is 35.5. The topological polar surface area (TPSA) is 35.6 Å². The van der Waals surface area contributed by atoms with Crippen molar-refractivity contribution < 1.29 is 4.79 Å². The van der Waals surface area contributed by atoms with E-state index in [2.05, 4.69) is 40.5 Å². The van der Waals surface area contributed by atoms with Crippen molar-refractivity contribution in [3.63, 3.8) is 0 Å². The predicted molar refractivity (Wildman–Crippen MR) is 119 cm³/mol. The Morgan fingerprint density at radius 2 is 1.89 bits per heavy atom. The van der Waals surface area contributed by atoms with Gasteiger partial charge in [0.15, 0.2) is 0 Å². The minimum Gasteiger partial charge on any atom is -0.344 e. The van der Waals surface area contributed by atoms with Crippen molar-refractivity contribution in [1.29, 1.82) is 0 Å². The van der Waals surface area contributed by atoms with Gasteiger partial charge in [-0.3, -0.25) is 9.69 Å². The summed E-state index contributed by atoms with van der Waals surface area (Å²) in [6, 6.07) is 11.4. The molecule has 6 heteroatoms. The van der Waals surface area contributed by atoms with Crippen LogP contribution in [-0.4, -0.2) is 54.5 Å². The molecular formula is C22H35Cl2N3O. The van der Waals surface area contributed by atoms with Crippen LogP contribution in [0.1, 0.15) is 44.1 Å². The van der Waals surface area contributed by atoms with Gasteiger partial charge in [-0.1, -0.05) is 43.2 Å². The fourth-order valence-corrected chi connectivity index (χ4v) is 5.30. The number of rotatable bonds is 5. The maximum atomic E-state index is 12.9. The van der Waals surface area contributed by atoms with Crippen molar-refractivity contribution in [1.82, 2.24) is 15.1 Å². The van der Waals surface area contributed by atoms with Crippen molar-refractivity contribution >= 4 is 30.7 Å². The Morgan fingerprint density at radius 3 is 2.64 bits per heavy atom. The van der Waals surface area contributed by atoms with Gasteiger partial charge >= 0.3 is 0 Å². The van der Waals surface area contributed by atoms with E-state index in [1.54, 1.807) is 0 Å². The number of fused-ring (bicyclic) bond motifs is 1. The van der Waals surface area contributed by atoms with Gasteiger partial charge in [0, 0.05) is 32.7 Å². The van der Waals surface area contributed by atoms with Crippen LogP contribution in [0.4, 0.5) is 0 Å². The highest BCUT2D eigenvalue weighted by Gasteiger charge is 2.39. The average Bonchev–Trinajstić information content (AvgIpc) is 3.28. The SMILES string of the molecule is CN(CC1CCN(Cc2ccccc2)C1)C(=O)C1CC2CCCCC2N1.Cl.Cl. The first-order valence-electron chi connectivity index (χ1n) is 10.5. The Labute approximate surface area is 182 Å². The van der Waals surface area contributed by atoms with Gasteiger partial charge < -0.3 is 10.2 Å². The Morgan fingerprint density at radius 1 is 1.14 bits per heavy atom. The average molecular weight is 428 g/mol. The van der Waals surface area contributed by atoms with Gasteiger partial charge in [0.1, 0.15) is 0 Å². The van der Waals surface area contributed by atoms with Crippen LogP contribution in [0.3, 0.4) is 0 Å². The minimum absolute atomic E-state index is 0. The largest absolute Gasteiger partial charge is 0.344 e. The molecule has 1 saturated carbocycles. The summed E-state index contributed by atoms with van der Waals surface area (Å²) in [7, 11) is 2.01. The fraction of sp³-hybridized carbons (Fsp3) is 0.682. The van der Waals surface area contributed by atoms with Gasteiger partial charge in [-0.05, 0) is 49.6 Å². The van der Waals surface area contributed by atoms with E-state index in [-0.39, 0.29) is 30.9 Å². The van der Waals surface area contributed by atoms with Crippen LogP contribution in [-0.2, 0) is 11.3 Å². The molecule has 3 aliphatic rings. The fourth-order valence-electron chi connectivity index (χ4n) is 5.30. The Kier molecular flexibility index (Phi) is 9.07. The molecule has 4 rings (SSSR count). The molecule has 2 heterocycles. The second-order valence-electron chi connectivity index (χ2n) is 8.70. The zero-order valence-electron chi connectivity index (χ0n) is 16.9. The van der Waals surface area contributed by atoms with Gasteiger partial charge in [0.25, 0.3) is 0 Å². The lowest BCUT2D eigenvalue weighted by Crippen LogP contribution is -2.45. The first-order valence-corrected chi connectivity index (χ1v) is 10.5. The molecular weight excluding hydrogens is 393 g/mol. The predicted octanol–water partition coefficient (Wildman–Crippen LogP) is 3.73. The second kappa shape index (κ2) is 10.8. The van der Waals surface area contributed by atoms with Crippen molar-refractivity contribution in [2.24, 2.45) is 11.8 Å². The van der Waals surface area contributed by atoms with Gasteiger partial charge in [0.2, 0.25) is 5.91 Å². The van der Waals surface area contributed by atoms with E-state index >= 15 is 0 Å². The number of amides is 1. The van der Waals surface area contributed by atoms with Crippen LogP contribution in [0.5, 0.6) is 0 Å². The molecule has 4 nitrogen and oxygen atoms in total. The van der Waals surface area contributed by atoms with Crippen LogP contribution >= 0.6 is 24.8 Å². The number of nitrogens with one attached hydrogen (secondary N) is 1. The summed E-state index contributed by atoms with van der Waals surface area (Å²) in [4.78, 5) is 17.4. The minimum atomic E-state index is 0. The summed E-state index contributed by atoms with van der Waals surface area (Å²) in [5, 5.41) is 3.64. The summed E-state index contributed by atoms with van der Waals surface area (Å²) in [6.07, 6.45) is 7.49. The van der Waals surface area contributed by atoms with E-state index in [0.29, 0.717) is 17.9 Å². The number of likely N-dealkylation sites (N-methyl/N-ethyl adjacent to an activating group) is 1. The Balaban J connectivity index is 0.00000140. The molecule has 0 radical (unpaired) electrons. The molecule has 0 spiro atoms. The van der Waals surface area contributed by atoms with E-state index in [1.807, 2.05) is 11.9 Å². The summed E-state index contributed by atoms with van der Waals surface area (Å²) in [5.74, 6) is 1.66. The summed E-state index contributed by atoms with van der Waals surface area (Å²) in [5.41, 5.74) is 1.38. The molecule has 0 bridgehead atoms. The molecule has 1 amide bonds. The number of benzene rings is 1. The smallest absolute Gasteiger partial charge is 0.239 e. The van der Waals surface area contributed by atoms with Crippen LogP contribution in [0.2, 0.25) is 0 Å². The third-order valence-corrected chi connectivity index (χ3v) is 6.69. The Hall–Kier alpha value is -0.810. The van der Waals surface area contributed by atoms with Crippen LogP contribution in [0.25, 0.3) is 0 Å². The van der Waals surface area contributed by atoms with E-state index in [9.17, 15) is 4.79 Å². The molecule has 28 heavy (non-hydrogen) atoms. The molecule has 1 N–H and O–H groups in total. The number of likely N-dealkylation sites (tertiary alicyclic amines) is 1. The molecule has 0 aromatic heterocycles. The second-order valence-corrected chi connectivity index (χ2v) is 8.70. The third kappa shape index (κ3) is 5.63. The molecule has 4 atom stereocenters. The molecule has 1 aliphatic carbocycles. The van der Waals surface area contributed by atoms with E-state index in [0.717, 1.165) is 38.5 Å². The molecule has 4 unspecified atom stereocenters. The first-order chi connectivity index (χ1) is 12.7. The van der Waals surface area contributed by atoms with Gasteiger partial charge in [-0.15, -0.1) is 24.8 Å². The van der Waals surface area contributed by atoms with Gasteiger partial charge in [-0.25, -0.2) is 0 Å². The third-order valence-electron chi connectivity index (χ3n) is 6.69. The molecule has 2 saturated heterocycles. The standard InChI is InChI=1S/C22H33N3O.2ClH/c1-24(22(26)21-13-19-9-5-6-10-20(19)23-21)14-18-11-12-25(16-18)15-17-7-3-2-4-8-17;;/h2-4,7-8,18-21,23H,5-6,9-16H2,1H3;2*1H. The number of hydrogen-bond donors (Lipinski definition) is 1. The van der Waals surface area contributed by atoms with E-state index < -0.39 is 0 Å². The number of nitrogens with zero attached hydrogens (tertiary/aromatic N) is 2. The molecule has 1 aromatic carbocycles. The summed E-state index contributed by atoms with van der Waals surface area (Å²) >= 11 is 0. The van der Waals surface area contributed by atoms with E-state index in [1.165, 1.54) is 37.7 Å². The highest BCUT2D eigenvalue weighted by Crippen LogP contribution is 2.33. The van der Waals surface area contributed by atoms with Crippen LogP contribution < -0.4 is 5.32 Å². The maximum Gasteiger partial charge on any atom is 0.239 e. The zero-order chi connectivity index (χ0) is 17.9. The van der Waals surface area contributed by atoms with Crippen molar-refractivity contribution in [2.75, 3.05) is 26.7 Å². The maximum absolute atomic E-state index is 12.9. The van der Waals surface area contributed by atoms with Gasteiger partial charge in [-0.2, -0.15) is 0 Å². The molecule has 2 aliphatic heterocycles. The van der Waals surface area contributed by atoms with Crippen molar-refractivity contribution in [3.05, 3.63) is 35.9 Å². The lowest BCUT2D eigenvalue weighted by molar-refractivity contribution is -0.132. The van der Waals surface area contributed by atoms with Crippen molar-refractivity contribution in [2.45, 2.75) is 57.2 Å². The van der Waals surface area contributed by atoms with Gasteiger partial charge in [0.05, 0.1) is 6.04 Å². The molecule has 1 aromatic rings. The van der Waals surface area contributed by atoms with Crippen molar-refractivity contribution in [3.8, 4) is 0 Å². The number of carbonyl (C=O) groups is 1. The summed E-state index contributed by atoms with van der Waals surface area (Å²) < 4.78 is 0. The summed E-state index contributed by atoms with van der Waals surface area (Å²) in [6.45, 7) is 4.18. The zero-order valence-corrected chi connectivity index (χ0v) is 18.5. The van der Waals surface area contributed by atoms with Crippen LogP contribution in [0, 0.1) is 11.8 Å².